The van der Waals surface area contributed by atoms with Crippen LogP contribution in [0.3, 0.4) is 0 Å². The molecule has 1 amide bonds. The zero-order chi connectivity index (χ0) is 14.6. The van der Waals surface area contributed by atoms with Crippen LogP contribution in [0, 0.1) is 10.8 Å². The van der Waals surface area contributed by atoms with E-state index in [1.165, 1.54) is 0 Å². The third-order valence-electron chi connectivity index (χ3n) is 2.60. The Bertz CT molecular complexity index is 298. The van der Waals surface area contributed by atoms with E-state index in [1.807, 2.05) is 26.8 Å². The van der Waals surface area contributed by atoms with E-state index >= 15 is 0 Å². The number of amides is 1. The van der Waals surface area contributed by atoms with E-state index in [-0.39, 0.29) is 16.9 Å². The molecule has 3 heteroatoms. The molecule has 0 heterocycles. The third-order valence-corrected chi connectivity index (χ3v) is 2.60. The predicted octanol–water partition coefficient (Wildman–Crippen LogP) is 4.14. The van der Waals surface area contributed by atoms with Gasteiger partial charge < -0.3 is 10.1 Å². The molecule has 0 aromatic carbocycles. The van der Waals surface area contributed by atoms with E-state index < -0.39 is 5.60 Å². The van der Waals surface area contributed by atoms with E-state index in [1.54, 1.807) is 0 Å². The van der Waals surface area contributed by atoms with Crippen LogP contribution in [0.2, 0.25) is 0 Å². The van der Waals surface area contributed by atoms with Gasteiger partial charge >= 0.3 is 6.09 Å². The van der Waals surface area contributed by atoms with Crippen molar-refractivity contribution in [2.75, 3.05) is 6.54 Å². The van der Waals surface area contributed by atoms with Crippen molar-refractivity contribution in [1.82, 2.24) is 5.32 Å². The second-order valence-corrected chi connectivity index (χ2v) is 7.39. The fraction of sp³-hybridized carbons (Fsp3) is 0.800. The smallest absolute Gasteiger partial charge is 0.407 e. The van der Waals surface area contributed by atoms with Gasteiger partial charge in [-0.25, -0.2) is 4.79 Å². The normalized spacial score (nSPS) is 13.1. The van der Waals surface area contributed by atoms with Crippen LogP contribution in [0.5, 0.6) is 0 Å². The van der Waals surface area contributed by atoms with Crippen molar-refractivity contribution in [3.05, 3.63) is 12.7 Å². The Morgan fingerprint density at radius 1 is 1.17 bits per heavy atom. The van der Waals surface area contributed by atoms with Crippen LogP contribution in [0.25, 0.3) is 0 Å². The summed E-state index contributed by atoms with van der Waals surface area (Å²) in [6.45, 7) is 18.6. The molecule has 18 heavy (non-hydrogen) atoms. The highest BCUT2D eigenvalue weighted by Gasteiger charge is 2.27. The number of ether oxygens (including phenoxy) is 1. The van der Waals surface area contributed by atoms with Gasteiger partial charge in [-0.3, -0.25) is 0 Å². The molecule has 0 aromatic heterocycles. The number of carbonyl (C=O) groups is 1. The van der Waals surface area contributed by atoms with Crippen molar-refractivity contribution in [3.63, 3.8) is 0 Å². The Labute approximate surface area is 112 Å². The maximum absolute atomic E-state index is 11.6. The van der Waals surface area contributed by atoms with Crippen LogP contribution < -0.4 is 5.32 Å². The van der Waals surface area contributed by atoms with Crippen molar-refractivity contribution in [1.29, 1.82) is 0 Å². The molecule has 106 valence electrons. The van der Waals surface area contributed by atoms with Crippen LogP contribution in [0.15, 0.2) is 12.7 Å². The van der Waals surface area contributed by atoms with Gasteiger partial charge in [0.05, 0.1) is 0 Å². The minimum Gasteiger partial charge on any atom is -0.444 e. The lowest BCUT2D eigenvalue weighted by molar-refractivity contribution is 0.0497. The van der Waals surface area contributed by atoms with Gasteiger partial charge in [-0.05, 0) is 38.0 Å². The summed E-state index contributed by atoms with van der Waals surface area (Å²) in [6, 6.07) is 0. The van der Waals surface area contributed by atoms with Gasteiger partial charge in [0.2, 0.25) is 0 Å². The van der Waals surface area contributed by atoms with Gasteiger partial charge in [0, 0.05) is 6.54 Å². The molecule has 0 aliphatic carbocycles. The number of hydrogen-bond donors (Lipinski definition) is 1. The van der Waals surface area contributed by atoms with Gasteiger partial charge in [-0.1, -0.05) is 33.8 Å². The van der Waals surface area contributed by atoms with Crippen molar-refractivity contribution in [2.24, 2.45) is 10.8 Å². The fourth-order valence-corrected chi connectivity index (χ4v) is 1.99. The Morgan fingerprint density at radius 3 is 2.06 bits per heavy atom. The first-order valence-corrected chi connectivity index (χ1v) is 6.47. The third kappa shape index (κ3) is 8.15. The molecule has 0 fully saturated rings. The monoisotopic (exact) mass is 255 g/mol. The minimum absolute atomic E-state index is 0.00853. The zero-order valence-corrected chi connectivity index (χ0v) is 13.0. The fourth-order valence-electron chi connectivity index (χ4n) is 1.99. The Morgan fingerprint density at radius 2 is 1.67 bits per heavy atom. The molecule has 0 unspecified atom stereocenters. The number of rotatable bonds is 5. The Hall–Kier alpha value is -0.990. The first kappa shape index (κ1) is 17.0. The average molecular weight is 255 g/mol. The zero-order valence-electron chi connectivity index (χ0n) is 13.0. The topological polar surface area (TPSA) is 38.3 Å². The van der Waals surface area contributed by atoms with Crippen LogP contribution in [-0.4, -0.2) is 18.2 Å². The highest BCUT2D eigenvalue weighted by atomic mass is 16.6. The van der Waals surface area contributed by atoms with Gasteiger partial charge in [-0.2, -0.15) is 0 Å². The molecule has 0 atom stereocenters. The Kier molecular flexibility index (Phi) is 5.45. The first-order valence-electron chi connectivity index (χ1n) is 6.47. The molecule has 1 N–H and O–H groups in total. The number of hydrogen-bond acceptors (Lipinski definition) is 2. The lowest BCUT2D eigenvalue weighted by Gasteiger charge is -2.33. The van der Waals surface area contributed by atoms with Crippen molar-refractivity contribution >= 4 is 6.09 Å². The molecule has 0 saturated heterocycles. The van der Waals surface area contributed by atoms with E-state index in [4.69, 9.17) is 4.74 Å². The molecular weight excluding hydrogens is 226 g/mol. The first-order chi connectivity index (χ1) is 7.87. The standard InChI is InChI=1S/C15H29NO2/c1-9-14(5,6)10-15(7,8)11-16-12(17)18-13(2,3)4/h9H,1,10-11H2,2-8H3,(H,16,17). The number of alkyl carbamates (subject to hydrolysis) is 1. The minimum atomic E-state index is -0.450. The Balaban J connectivity index is 4.27. The predicted molar refractivity (Wildman–Crippen MR) is 76.6 cm³/mol. The van der Waals surface area contributed by atoms with E-state index in [9.17, 15) is 4.79 Å². The van der Waals surface area contributed by atoms with Crippen LogP contribution in [0.4, 0.5) is 4.79 Å². The van der Waals surface area contributed by atoms with Gasteiger partial charge in [-0.15, -0.1) is 6.58 Å². The molecule has 0 saturated carbocycles. The molecule has 0 aliphatic heterocycles. The molecule has 0 radical (unpaired) electrons. The highest BCUT2D eigenvalue weighted by molar-refractivity contribution is 5.67. The summed E-state index contributed by atoms with van der Waals surface area (Å²) in [6.07, 6.45) is 2.56. The van der Waals surface area contributed by atoms with E-state index in [2.05, 4.69) is 39.6 Å². The second-order valence-electron chi connectivity index (χ2n) is 7.39. The SMILES string of the molecule is C=CC(C)(C)CC(C)(C)CNC(=O)OC(C)(C)C. The van der Waals surface area contributed by atoms with Crippen LogP contribution in [-0.2, 0) is 4.74 Å². The summed E-state index contributed by atoms with van der Waals surface area (Å²) in [4.78, 5) is 11.6. The second kappa shape index (κ2) is 5.77. The number of allylic oxidation sites excluding steroid dienone is 1. The van der Waals surface area contributed by atoms with Crippen molar-refractivity contribution in [3.8, 4) is 0 Å². The highest BCUT2D eigenvalue weighted by Crippen LogP contribution is 2.33. The van der Waals surface area contributed by atoms with Gasteiger partial charge in [0.15, 0.2) is 0 Å². The molecule has 0 spiro atoms. The maximum Gasteiger partial charge on any atom is 0.407 e. The maximum atomic E-state index is 11.6. The summed E-state index contributed by atoms with van der Waals surface area (Å²) < 4.78 is 5.22. The van der Waals surface area contributed by atoms with E-state index in [0.717, 1.165) is 6.42 Å². The van der Waals surface area contributed by atoms with E-state index in [0.29, 0.717) is 6.54 Å². The van der Waals surface area contributed by atoms with Crippen LogP contribution in [0.1, 0.15) is 54.9 Å². The molecule has 0 rings (SSSR count). The van der Waals surface area contributed by atoms with Crippen molar-refractivity contribution < 1.29 is 9.53 Å². The molecule has 0 aliphatic rings. The van der Waals surface area contributed by atoms with Gasteiger partial charge in [0.1, 0.15) is 5.60 Å². The molecule has 0 bridgehead atoms. The lowest BCUT2D eigenvalue weighted by Crippen LogP contribution is -2.39. The summed E-state index contributed by atoms with van der Waals surface area (Å²) in [7, 11) is 0. The largest absolute Gasteiger partial charge is 0.444 e. The quantitative estimate of drug-likeness (QED) is 0.750. The lowest BCUT2D eigenvalue weighted by atomic mass is 9.75. The van der Waals surface area contributed by atoms with Crippen molar-refractivity contribution in [2.45, 2.75) is 60.5 Å². The van der Waals surface area contributed by atoms with Gasteiger partial charge in [0.25, 0.3) is 0 Å². The number of nitrogens with one attached hydrogen (secondary N) is 1. The molecular formula is C15H29NO2. The summed E-state index contributed by atoms with van der Waals surface area (Å²) in [5.74, 6) is 0. The summed E-state index contributed by atoms with van der Waals surface area (Å²) in [5, 5.41) is 2.83. The molecule has 0 aromatic rings. The summed E-state index contributed by atoms with van der Waals surface area (Å²) in [5.41, 5.74) is -0.373. The molecule has 3 nitrogen and oxygen atoms in total. The summed E-state index contributed by atoms with van der Waals surface area (Å²) >= 11 is 0. The number of carbonyl (C=O) groups excluding carboxylic acids is 1. The van der Waals surface area contributed by atoms with Crippen LogP contribution >= 0.6 is 0 Å². The average Bonchev–Trinajstić information content (AvgIpc) is 2.11.